The van der Waals surface area contributed by atoms with E-state index < -0.39 is 36.9 Å². The van der Waals surface area contributed by atoms with Crippen molar-refractivity contribution in [3.05, 3.63) is 27.9 Å². The van der Waals surface area contributed by atoms with E-state index in [4.69, 9.17) is 4.74 Å². The summed E-state index contributed by atoms with van der Waals surface area (Å²) >= 11 is 1.35. The lowest BCUT2D eigenvalue weighted by Gasteiger charge is -2.27. The number of thiazole rings is 1. The van der Waals surface area contributed by atoms with Crippen molar-refractivity contribution in [2.45, 2.75) is 18.4 Å². The molecule has 27 heavy (non-hydrogen) atoms. The number of carbonyl (C=O) groups excluding carboxylic acids is 2. The van der Waals surface area contributed by atoms with Crippen molar-refractivity contribution in [2.75, 3.05) is 33.9 Å². The van der Waals surface area contributed by atoms with Crippen LogP contribution in [-0.2, 0) is 19.1 Å². The number of amidine groups is 1. The monoisotopic (exact) mass is 400 g/mol. The van der Waals surface area contributed by atoms with Crippen LogP contribution in [0.2, 0.25) is 0 Å². The molecule has 0 radical (unpaired) electrons. The number of alkyl halides is 2. The summed E-state index contributed by atoms with van der Waals surface area (Å²) < 4.78 is 37.2. The average molecular weight is 400 g/mol. The largest absolute Gasteiger partial charge is 0.468 e. The minimum absolute atomic E-state index is 0.0248. The van der Waals surface area contributed by atoms with Gasteiger partial charge in [-0.3, -0.25) is 14.7 Å². The normalized spacial score (nSPS) is 22.2. The Morgan fingerprint density at radius 3 is 2.81 bits per heavy atom. The lowest BCUT2D eigenvalue weighted by Crippen LogP contribution is -2.43. The van der Waals surface area contributed by atoms with E-state index in [0.717, 1.165) is 7.11 Å². The first-order valence-corrected chi connectivity index (χ1v) is 8.94. The van der Waals surface area contributed by atoms with Gasteiger partial charge < -0.3 is 14.8 Å². The molecular weight excluding hydrogens is 382 g/mol. The van der Waals surface area contributed by atoms with Crippen molar-refractivity contribution in [3.8, 4) is 0 Å². The first-order valence-electron chi connectivity index (χ1n) is 8.06. The van der Waals surface area contributed by atoms with E-state index in [1.54, 1.807) is 11.6 Å². The molecule has 1 aromatic rings. The Balaban J connectivity index is 1.86. The summed E-state index contributed by atoms with van der Waals surface area (Å²) in [5, 5.41) is 5.37. The fourth-order valence-corrected chi connectivity index (χ4v) is 3.64. The first kappa shape index (κ1) is 19.4. The molecule has 0 spiro atoms. The number of halogens is 2. The quantitative estimate of drug-likeness (QED) is 0.731. The maximum absolute atomic E-state index is 13.9. The Kier molecular flexibility index (Phi) is 5.51. The van der Waals surface area contributed by atoms with Crippen LogP contribution in [0.15, 0.2) is 27.8 Å². The maximum atomic E-state index is 13.9. The number of rotatable bonds is 5. The molecule has 1 aromatic heterocycles. The fourth-order valence-electron chi connectivity index (χ4n) is 3.04. The van der Waals surface area contributed by atoms with Crippen molar-refractivity contribution >= 4 is 29.1 Å². The Hall–Kier alpha value is -2.40. The molecule has 0 saturated carbocycles. The van der Waals surface area contributed by atoms with Crippen LogP contribution in [0.5, 0.6) is 0 Å². The van der Waals surface area contributed by atoms with Gasteiger partial charge >= 0.3 is 11.9 Å². The predicted octanol–water partition coefficient (Wildman–Crippen LogP) is 0.803. The third kappa shape index (κ3) is 4.14. The van der Waals surface area contributed by atoms with Crippen molar-refractivity contribution in [3.63, 3.8) is 0 Å². The summed E-state index contributed by atoms with van der Waals surface area (Å²) in [5.41, 5.74) is 0.574. The Morgan fingerprint density at radius 2 is 2.19 bits per heavy atom. The molecule has 1 atom stereocenters. The Morgan fingerprint density at radius 1 is 1.41 bits per heavy atom. The van der Waals surface area contributed by atoms with Gasteiger partial charge in [-0.05, 0) is 0 Å². The highest BCUT2D eigenvalue weighted by molar-refractivity contribution is 7.11. The van der Waals surface area contributed by atoms with Crippen LogP contribution < -0.4 is 5.32 Å². The van der Waals surface area contributed by atoms with E-state index in [9.17, 15) is 18.4 Å². The number of carbonyl (C=O) groups is 2. The summed E-state index contributed by atoms with van der Waals surface area (Å²) in [6.45, 7) is -0.669. The number of likely N-dealkylation sites (tertiary alicyclic amines) is 1. The van der Waals surface area contributed by atoms with Gasteiger partial charge in [0, 0.05) is 30.2 Å². The van der Waals surface area contributed by atoms with E-state index in [2.05, 4.69) is 20.0 Å². The number of nitrogens with zero attached hydrogens (tertiary/aromatic N) is 3. The number of hydrogen-bond donors (Lipinski definition) is 1. The van der Waals surface area contributed by atoms with Crippen LogP contribution in [0.25, 0.3) is 0 Å². The molecule has 0 amide bonds. The summed E-state index contributed by atoms with van der Waals surface area (Å²) in [6, 6.07) is -1.10. The Bertz CT molecular complexity index is 794. The second-order valence-electron chi connectivity index (χ2n) is 6.08. The van der Waals surface area contributed by atoms with E-state index in [1.807, 2.05) is 0 Å². The second-order valence-corrected chi connectivity index (χ2v) is 6.97. The molecule has 11 heteroatoms. The molecule has 146 valence electrons. The van der Waals surface area contributed by atoms with Gasteiger partial charge in [0.15, 0.2) is 10.8 Å². The highest BCUT2D eigenvalue weighted by Crippen LogP contribution is 2.33. The van der Waals surface area contributed by atoms with E-state index in [0.29, 0.717) is 16.5 Å². The number of esters is 2. The summed E-state index contributed by atoms with van der Waals surface area (Å²) in [5.74, 6) is -3.93. The zero-order valence-corrected chi connectivity index (χ0v) is 15.5. The number of aliphatic imine (C=N–C) groups is 1. The number of ether oxygens (including phenoxy) is 2. The van der Waals surface area contributed by atoms with Crippen molar-refractivity contribution in [1.29, 1.82) is 0 Å². The van der Waals surface area contributed by atoms with Crippen molar-refractivity contribution < 1.29 is 27.8 Å². The lowest BCUT2D eigenvalue weighted by atomic mass is 10.1. The van der Waals surface area contributed by atoms with Gasteiger partial charge in [-0.1, -0.05) is 0 Å². The van der Waals surface area contributed by atoms with Crippen LogP contribution in [0.1, 0.15) is 11.4 Å². The highest BCUT2D eigenvalue weighted by Gasteiger charge is 2.49. The lowest BCUT2D eigenvalue weighted by molar-refractivity contribution is -0.146. The average Bonchev–Trinajstić information content (AvgIpc) is 3.28. The molecule has 0 bridgehead atoms. The topological polar surface area (TPSA) is 93.1 Å². The minimum atomic E-state index is -3.02. The minimum Gasteiger partial charge on any atom is -0.468 e. The van der Waals surface area contributed by atoms with E-state index in [1.165, 1.54) is 23.3 Å². The zero-order chi connectivity index (χ0) is 19.6. The zero-order valence-electron chi connectivity index (χ0n) is 14.7. The molecule has 1 N–H and O–H groups in total. The molecule has 0 aromatic carbocycles. The third-order valence-corrected chi connectivity index (χ3v) is 5.08. The van der Waals surface area contributed by atoms with Gasteiger partial charge in [-0.2, -0.15) is 0 Å². The molecule has 2 aliphatic heterocycles. The van der Waals surface area contributed by atoms with Crippen molar-refractivity contribution in [2.24, 2.45) is 4.99 Å². The SMILES string of the molecule is COC(=O)C1=C(CN2CC(F)(F)CC2C(=O)OC)NC(c2nccs2)=NC1. The molecule has 1 fully saturated rings. The molecular formula is C16H18F2N4O4S. The van der Waals surface area contributed by atoms with Crippen LogP contribution in [0, 0.1) is 0 Å². The third-order valence-electron chi connectivity index (χ3n) is 4.30. The second kappa shape index (κ2) is 7.69. The Labute approximate surface area is 157 Å². The predicted molar refractivity (Wildman–Crippen MR) is 92.6 cm³/mol. The van der Waals surface area contributed by atoms with Crippen molar-refractivity contribution in [1.82, 2.24) is 15.2 Å². The van der Waals surface area contributed by atoms with E-state index in [-0.39, 0.29) is 18.7 Å². The van der Waals surface area contributed by atoms with Crippen LogP contribution in [0.3, 0.4) is 0 Å². The highest BCUT2D eigenvalue weighted by atomic mass is 32.1. The maximum Gasteiger partial charge on any atom is 0.337 e. The molecule has 1 saturated heterocycles. The molecule has 3 heterocycles. The molecule has 1 unspecified atom stereocenters. The van der Waals surface area contributed by atoms with Gasteiger partial charge in [-0.25, -0.2) is 18.6 Å². The number of hydrogen-bond acceptors (Lipinski definition) is 9. The smallest absolute Gasteiger partial charge is 0.337 e. The van der Waals surface area contributed by atoms with Gasteiger partial charge in [0.25, 0.3) is 5.92 Å². The number of aromatic nitrogens is 1. The van der Waals surface area contributed by atoms with Gasteiger partial charge in [-0.15, -0.1) is 11.3 Å². The summed E-state index contributed by atoms with van der Waals surface area (Å²) in [7, 11) is 2.39. The molecule has 2 aliphatic rings. The van der Waals surface area contributed by atoms with E-state index >= 15 is 0 Å². The standard InChI is InChI=1S/C16H18F2N4O4S/c1-25-14(23)9-6-20-12(13-19-3-4-27-13)21-10(9)7-22-8-16(17,18)5-11(22)15(24)26-2/h3-4,11H,5-8H2,1-2H3,(H,20,21). The first-order chi connectivity index (χ1) is 12.8. The van der Waals surface area contributed by atoms with Crippen LogP contribution in [-0.4, -0.2) is 73.5 Å². The number of nitrogens with one attached hydrogen (secondary N) is 1. The fraction of sp³-hybridized carbons (Fsp3) is 0.500. The van der Waals surface area contributed by atoms with Gasteiger partial charge in [0.2, 0.25) is 0 Å². The molecule has 0 aliphatic carbocycles. The van der Waals surface area contributed by atoms with Gasteiger partial charge in [0.1, 0.15) is 6.04 Å². The summed E-state index contributed by atoms with van der Waals surface area (Å²) in [4.78, 5) is 33.7. The van der Waals surface area contributed by atoms with Crippen LogP contribution in [0.4, 0.5) is 8.78 Å². The summed E-state index contributed by atoms with van der Waals surface area (Å²) in [6.07, 6.45) is 0.978. The van der Waals surface area contributed by atoms with Crippen LogP contribution >= 0.6 is 11.3 Å². The number of methoxy groups -OCH3 is 2. The molecule has 3 rings (SSSR count). The van der Waals surface area contributed by atoms with Gasteiger partial charge in [0.05, 0.1) is 32.9 Å². The molecule has 8 nitrogen and oxygen atoms in total.